The lowest BCUT2D eigenvalue weighted by atomic mass is 10.0. The van der Waals surface area contributed by atoms with Crippen LogP contribution in [-0.4, -0.2) is 11.8 Å². The maximum absolute atomic E-state index is 12.5. The first-order valence-electron chi connectivity index (χ1n) is 7.53. The number of hydrogen-bond acceptors (Lipinski definition) is 3. The molecule has 0 aliphatic carbocycles. The van der Waals surface area contributed by atoms with Crippen molar-refractivity contribution in [3.05, 3.63) is 75.1 Å². The van der Waals surface area contributed by atoms with Gasteiger partial charge in [0.25, 0.3) is 11.8 Å². The second-order valence-corrected chi connectivity index (χ2v) is 7.57. The Morgan fingerprint density at radius 2 is 1.68 bits per heavy atom. The summed E-state index contributed by atoms with van der Waals surface area (Å²) < 4.78 is 0.889. The molecule has 1 heterocycles. The van der Waals surface area contributed by atoms with Gasteiger partial charge in [0, 0.05) is 20.5 Å². The van der Waals surface area contributed by atoms with Crippen molar-refractivity contribution in [1.29, 1.82) is 0 Å². The van der Waals surface area contributed by atoms with Gasteiger partial charge in [-0.25, -0.2) is 0 Å². The standard InChI is InChI=1S/C19H15BrN2O2S/c1-11-15(12-5-3-2-4-6-12)16(17(21)23)19(25-11)22-18(24)13-7-9-14(20)10-8-13/h2-10H,1H3,(H2,21,23)(H,22,24). The van der Waals surface area contributed by atoms with Crippen LogP contribution in [0, 0.1) is 6.92 Å². The topological polar surface area (TPSA) is 72.2 Å². The fourth-order valence-electron chi connectivity index (χ4n) is 2.60. The highest BCUT2D eigenvalue weighted by atomic mass is 79.9. The quantitative estimate of drug-likeness (QED) is 0.640. The summed E-state index contributed by atoms with van der Waals surface area (Å²) >= 11 is 4.69. The zero-order valence-electron chi connectivity index (χ0n) is 13.4. The van der Waals surface area contributed by atoms with Gasteiger partial charge in [0.05, 0.1) is 5.56 Å². The number of rotatable bonds is 4. The number of primary amides is 1. The number of thiophene rings is 1. The third-order valence-electron chi connectivity index (χ3n) is 3.73. The van der Waals surface area contributed by atoms with Gasteiger partial charge in [0.15, 0.2) is 0 Å². The number of amides is 2. The lowest BCUT2D eigenvalue weighted by Crippen LogP contribution is -2.17. The summed E-state index contributed by atoms with van der Waals surface area (Å²) in [5.41, 5.74) is 8.13. The van der Waals surface area contributed by atoms with E-state index in [9.17, 15) is 9.59 Å². The van der Waals surface area contributed by atoms with E-state index in [2.05, 4.69) is 21.2 Å². The van der Waals surface area contributed by atoms with Gasteiger partial charge in [0.2, 0.25) is 0 Å². The molecule has 1 aromatic heterocycles. The lowest BCUT2D eigenvalue weighted by molar-refractivity contribution is 0.100. The van der Waals surface area contributed by atoms with Gasteiger partial charge in [-0.15, -0.1) is 11.3 Å². The molecular formula is C19H15BrN2O2S. The highest BCUT2D eigenvalue weighted by molar-refractivity contribution is 9.10. The minimum Gasteiger partial charge on any atom is -0.365 e. The predicted molar refractivity (Wildman–Crippen MR) is 105 cm³/mol. The molecule has 0 aliphatic rings. The highest BCUT2D eigenvalue weighted by Crippen LogP contribution is 2.39. The Morgan fingerprint density at radius 3 is 2.28 bits per heavy atom. The number of halogens is 1. The Bertz CT molecular complexity index is 934. The van der Waals surface area contributed by atoms with Crippen LogP contribution in [0.4, 0.5) is 5.00 Å². The summed E-state index contributed by atoms with van der Waals surface area (Å²) in [5.74, 6) is -0.842. The minimum atomic E-state index is -0.561. The van der Waals surface area contributed by atoms with Crippen LogP contribution in [-0.2, 0) is 0 Å². The van der Waals surface area contributed by atoms with Crippen molar-refractivity contribution in [3.63, 3.8) is 0 Å². The second kappa shape index (κ2) is 7.21. The molecule has 2 aromatic carbocycles. The summed E-state index contributed by atoms with van der Waals surface area (Å²) in [5, 5.41) is 3.29. The minimum absolute atomic E-state index is 0.282. The summed E-state index contributed by atoms with van der Waals surface area (Å²) in [7, 11) is 0. The van der Waals surface area contributed by atoms with E-state index < -0.39 is 5.91 Å². The molecule has 0 fully saturated rings. The van der Waals surface area contributed by atoms with E-state index >= 15 is 0 Å². The summed E-state index contributed by atoms with van der Waals surface area (Å²) in [4.78, 5) is 25.5. The number of anilines is 1. The van der Waals surface area contributed by atoms with Crippen LogP contribution in [0.25, 0.3) is 11.1 Å². The lowest BCUT2D eigenvalue weighted by Gasteiger charge is -2.07. The molecule has 6 heteroatoms. The van der Waals surface area contributed by atoms with Crippen molar-refractivity contribution in [2.24, 2.45) is 5.73 Å². The zero-order chi connectivity index (χ0) is 18.0. The molecule has 0 saturated carbocycles. The van der Waals surface area contributed by atoms with Crippen LogP contribution in [0.15, 0.2) is 59.1 Å². The van der Waals surface area contributed by atoms with E-state index in [-0.39, 0.29) is 5.91 Å². The monoisotopic (exact) mass is 414 g/mol. The SMILES string of the molecule is Cc1sc(NC(=O)c2ccc(Br)cc2)c(C(N)=O)c1-c1ccccc1. The Labute approximate surface area is 157 Å². The van der Waals surface area contributed by atoms with Gasteiger partial charge in [0.1, 0.15) is 5.00 Å². The summed E-state index contributed by atoms with van der Waals surface area (Å²) in [6.07, 6.45) is 0. The molecule has 3 N–H and O–H groups in total. The van der Waals surface area contributed by atoms with Gasteiger partial charge in [-0.1, -0.05) is 46.3 Å². The van der Waals surface area contributed by atoms with Crippen molar-refractivity contribution < 1.29 is 9.59 Å². The van der Waals surface area contributed by atoms with Gasteiger partial charge in [-0.05, 0) is 36.8 Å². The van der Waals surface area contributed by atoms with Crippen molar-refractivity contribution in [3.8, 4) is 11.1 Å². The summed E-state index contributed by atoms with van der Waals surface area (Å²) in [6, 6.07) is 16.5. The first-order chi connectivity index (χ1) is 12.0. The second-order valence-electron chi connectivity index (χ2n) is 5.43. The summed E-state index contributed by atoms with van der Waals surface area (Å²) in [6.45, 7) is 1.91. The molecule has 4 nitrogen and oxygen atoms in total. The molecule has 0 bridgehead atoms. The van der Waals surface area contributed by atoms with E-state index in [1.165, 1.54) is 11.3 Å². The predicted octanol–water partition coefficient (Wildman–Crippen LogP) is 4.84. The number of carbonyl (C=O) groups is 2. The smallest absolute Gasteiger partial charge is 0.256 e. The Morgan fingerprint density at radius 1 is 1.04 bits per heavy atom. The Kier molecular flexibility index (Phi) is 5.01. The van der Waals surface area contributed by atoms with Crippen molar-refractivity contribution in [2.75, 3.05) is 5.32 Å². The van der Waals surface area contributed by atoms with Crippen LogP contribution in [0.1, 0.15) is 25.6 Å². The normalized spacial score (nSPS) is 10.5. The van der Waals surface area contributed by atoms with Gasteiger partial charge in [-0.2, -0.15) is 0 Å². The molecule has 0 atom stereocenters. The fourth-order valence-corrected chi connectivity index (χ4v) is 3.94. The molecule has 2 amide bonds. The van der Waals surface area contributed by atoms with Gasteiger partial charge < -0.3 is 11.1 Å². The molecule has 0 saturated heterocycles. The van der Waals surface area contributed by atoms with Crippen LogP contribution in [0.3, 0.4) is 0 Å². The van der Waals surface area contributed by atoms with Crippen LogP contribution < -0.4 is 11.1 Å². The highest BCUT2D eigenvalue weighted by Gasteiger charge is 2.23. The number of carbonyl (C=O) groups excluding carboxylic acids is 2. The van der Waals surface area contributed by atoms with E-state index in [1.54, 1.807) is 24.3 Å². The molecule has 3 aromatic rings. The van der Waals surface area contributed by atoms with E-state index in [0.29, 0.717) is 16.1 Å². The van der Waals surface area contributed by atoms with Gasteiger partial charge >= 0.3 is 0 Å². The molecule has 0 spiro atoms. The van der Waals surface area contributed by atoms with Crippen LogP contribution in [0.2, 0.25) is 0 Å². The molecule has 0 radical (unpaired) electrons. The number of benzene rings is 2. The number of nitrogens with two attached hydrogens (primary N) is 1. The van der Waals surface area contributed by atoms with Gasteiger partial charge in [-0.3, -0.25) is 9.59 Å². The molecule has 3 rings (SSSR count). The van der Waals surface area contributed by atoms with E-state index in [1.807, 2.05) is 37.3 Å². The maximum atomic E-state index is 12.5. The van der Waals surface area contributed by atoms with Crippen molar-refractivity contribution >= 4 is 44.1 Å². The van der Waals surface area contributed by atoms with Crippen LogP contribution in [0.5, 0.6) is 0 Å². The average Bonchev–Trinajstić information content (AvgIpc) is 2.92. The molecular weight excluding hydrogens is 400 g/mol. The largest absolute Gasteiger partial charge is 0.365 e. The number of hydrogen-bond donors (Lipinski definition) is 2. The zero-order valence-corrected chi connectivity index (χ0v) is 15.8. The molecule has 126 valence electrons. The third kappa shape index (κ3) is 3.65. The van der Waals surface area contributed by atoms with E-state index in [0.717, 1.165) is 20.5 Å². The first kappa shape index (κ1) is 17.4. The Hall–Kier alpha value is -2.44. The fraction of sp³-hybridized carbons (Fsp3) is 0.0526. The number of aryl methyl sites for hydroxylation is 1. The van der Waals surface area contributed by atoms with Crippen LogP contribution >= 0.6 is 27.3 Å². The van der Waals surface area contributed by atoms with Crippen molar-refractivity contribution in [2.45, 2.75) is 6.92 Å². The maximum Gasteiger partial charge on any atom is 0.256 e. The Balaban J connectivity index is 2.01. The molecule has 0 aliphatic heterocycles. The third-order valence-corrected chi connectivity index (χ3v) is 5.28. The first-order valence-corrected chi connectivity index (χ1v) is 9.14. The molecule has 25 heavy (non-hydrogen) atoms. The average molecular weight is 415 g/mol. The van der Waals surface area contributed by atoms with Crippen molar-refractivity contribution in [1.82, 2.24) is 0 Å². The van der Waals surface area contributed by atoms with E-state index in [4.69, 9.17) is 5.73 Å². The number of nitrogens with one attached hydrogen (secondary N) is 1. The molecule has 0 unspecified atom stereocenters.